The van der Waals surface area contributed by atoms with Crippen LogP contribution in [0.5, 0.6) is 0 Å². The topological polar surface area (TPSA) is 12.0 Å². The third-order valence-electron chi connectivity index (χ3n) is 2.46. The molecule has 1 rings (SSSR count). The van der Waals surface area contributed by atoms with Gasteiger partial charge in [0.1, 0.15) is 0 Å². The second kappa shape index (κ2) is 5.61. The highest BCUT2D eigenvalue weighted by molar-refractivity contribution is 5.55. The molecule has 1 N–H and O–H groups in total. The number of likely N-dealkylation sites (N-methyl/N-ethyl adjacent to an activating group) is 1. The van der Waals surface area contributed by atoms with E-state index in [9.17, 15) is 0 Å². The first kappa shape index (κ1) is 11.0. The zero-order valence-electron chi connectivity index (χ0n) is 9.30. The maximum absolute atomic E-state index is 3.27. The predicted molar refractivity (Wildman–Crippen MR) is 63.5 cm³/mol. The summed E-state index contributed by atoms with van der Waals surface area (Å²) in [5.74, 6) is 0. The maximum atomic E-state index is 3.27. The Labute approximate surface area is 86.8 Å². The van der Waals surface area contributed by atoms with E-state index in [-0.39, 0.29) is 0 Å². The molecule has 0 fully saturated rings. The van der Waals surface area contributed by atoms with Crippen LogP contribution >= 0.6 is 0 Å². The Kier molecular flexibility index (Phi) is 4.41. The molecule has 0 bridgehead atoms. The minimum atomic E-state index is 0.948. The van der Waals surface area contributed by atoms with Gasteiger partial charge in [-0.25, -0.2) is 0 Å². The van der Waals surface area contributed by atoms with E-state index < -0.39 is 0 Å². The molecule has 1 aromatic rings. The molecule has 0 aliphatic heterocycles. The third-order valence-corrected chi connectivity index (χ3v) is 2.46. The molecule has 0 spiro atoms. The molecule has 76 valence electrons. The quantitative estimate of drug-likeness (QED) is 0.718. The van der Waals surface area contributed by atoms with Crippen molar-refractivity contribution in [2.24, 2.45) is 0 Å². The molecule has 14 heavy (non-hydrogen) atoms. The Balaban J connectivity index is 2.67. The first-order chi connectivity index (χ1) is 6.75. The summed E-state index contributed by atoms with van der Waals surface area (Å²) in [5.41, 5.74) is 4.05. The number of benzene rings is 1. The van der Waals surface area contributed by atoms with E-state index in [4.69, 9.17) is 0 Å². The van der Waals surface area contributed by atoms with Gasteiger partial charge in [-0.05, 0) is 37.1 Å². The van der Waals surface area contributed by atoms with E-state index in [1.807, 2.05) is 0 Å². The van der Waals surface area contributed by atoms with E-state index in [0.717, 1.165) is 13.1 Å². The molecule has 0 atom stereocenters. The highest BCUT2D eigenvalue weighted by Gasteiger charge is 1.95. The van der Waals surface area contributed by atoms with Crippen molar-refractivity contribution in [2.75, 3.05) is 13.1 Å². The van der Waals surface area contributed by atoms with Gasteiger partial charge in [-0.2, -0.15) is 0 Å². The van der Waals surface area contributed by atoms with Gasteiger partial charge in [0.05, 0.1) is 0 Å². The molecule has 0 aliphatic carbocycles. The molecular formula is C13H19N. The van der Waals surface area contributed by atoms with Crippen molar-refractivity contribution in [3.63, 3.8) is 0 Å². The van der Waals surface area contributed by atoms with Crippen LogP contribution in [0.25, 0.3) is 6.08 Å². The Hall–Kier alpha value is -1.08. The molecule has 0 aliphatic rings. The van der Waals surface area contributed by atoms with Gasteiger partial charge in [0.2, 0.25) is 0 Å². The lowest BCUT2D eigenvalue weighted by Gasteiger charge is -2.03. The van der Waals surface area contributed by atoms with Crippen molar-refractivity contribution in [2.45, 2.75) is 20.8 Å². The van der Waals surface area contributed by atoms with Gasteiger partial charge in [0.25, 0.3) is 0 Å². The molecule has 0 amide bonds. The van der Waals surface area contributed by atoms with Crippen molar-refractivity contribution in [1.29, 1.82) is 0 Å². The summed E-state index contributed by atoms with van der Waals surface area (Å²) in [4.78, 5) is 0. The number of aryl methyl sites for hydroxylation is 1. The molecule has 0 aromatic heterocycles. The molecule has 1 aromatic carbocycles. The lowest BCUT2D eigenvalue weighted by Crippen LogP contribution is -2.11. The fourth-order valence-electron chi connectivity index (χ4n) is 1.37. The summed E-state index contributed by atoms with van der Waals surface area (Å²) in [6.45, 7) is 8.41. The van der Waals surface area contributed by atoms with Crippen molar-refractivity contribution in [3.05, 3.63) is 41.0 Å². The number of hydrogen-bond acceptors (Lipinski definition) is 1. The Morgan fingerprint density at radius 1 is 1.29 bits per heavy atom. The third kappa shape index (κ3) is 3.00. The van der Waals surface area contributed by atoms with Crippen LogP contribution < -0.4 is 5.32 Å². The van der Waals surface area contributed by atoms with Gasteiger partial charge < -0.3 is 5.32 Å². The van der Waals surface area contributed by atoms with Crippen molar-refractivity contribution in [1.82, 2.24) is 5.32 Å². The summed E-state index contributed by atoms with van der Waals surface area (Å²) in [5, 5.41) is 3.27. The Morgan fingerprint density at radius 3 is 2.79 bits per heavy atom. The second-order valence-electron chi connectivity index (χ2n) is 3.50. The van der Waals surface area contributed by atoms with Crippen LogP contribution in [0.1, 0.15) is 23.6 Å². The smallest absolute Gasteiger partial charge is 0.0138 e. The molecule has 0 saturated carbocycles. The Morgan fingerprint density at radius 2 is 2.07 bits per heavy atom. The average molecular weight is 189 g/mol. The summed E-state index contributed by atoms with van der Waals surface area (Å²) >= 11 is 0. The summed E-state index contributed by atoms with van der Waals surface area (Å²) in [6, 6.07) is 6.41. The molecular weight excluding hydrogens is 170 g/mol. The lowest BCUT2D eigenvalue weighted by molar-refractivity contribution is 0.801. The Bertz CT molecular complexity index is 313. The zero-order chi connectivity index (χ0) is 10.4. The molecule has 1 nitrogen and oxygen atoms in total. The number of hydrogen-bond donors (Lipinski definition) is 1. The average Bonchev–Trinajstić information content (AvgIpc) is 2.19. The van der Waals surface area contributed by atoms with Crippen LogP contribution in [0, 0.1) is 13.8 Å². The molecule has 0 saturated heterocycles. The van der Waals surface area contributed by atoms with Crippen LogP contribution in [0.15, 0.2) is 24.3 Å². The van der Waals surface area contributed by atoms with Crippen molar-refractivity contribution in [3.8, 4) is 0 Å². The fraction of sp³-hybridized carbons (Fsp3) is 0.385. The van der Waals surface area contributed by atoms with E-state index >= 15 is 0 Å². The maximum Gasteiger partial charge on any atom is 0.0138 e. The summed E-state index contributed by atoms with van der Waals surface area (Å²) in [7, 11) is 0. The van der Waals surface area contributed by atoms with Gasteiger partial charge in [0.15, 0.2) is 0 Å². The van der Waals surface area contributed by atoms with Crippen LogP contribution in [0.3, 0.4) is 0 Å². The normalized spacial score (nSPS) is 11.1. The summed E-state index contributed by atoms with van der Waals surface area (Å²) < 4.78 is 0. The van der Waals surface area contributed by atoms with E-state index in [0.29, 0.717) is 0 Å². The first-order valence-electron chi connectivity index (χ1n) is 5.19. The highest BCUT2D eigenvalue weighted by Crippen LogP contribution is 2.13. The summed E-state index contributed by atoms with van der Waals surface area (Å²) in [6.07, 6.45) is 4.36. The monoisotopic (exact) mass is 189 g/mol. The molecule has 0 unspecified atom stereocenters. The van der Waals surface area contributed by atoms with Gasteiger partial charge in [-0.15, -0.1) is 0 Å². The lowest BCUT2D eigenvalue weighted by atomic mass is 10.0. The fourth-order valence-corrected chi connectivity index (χ4v) is 1.37. The second-order valence-corrected chi connectivity index (χ2v) is 3.50. The number of nitrogens with one attached hydrogen (secondary N) is 1. The van der Waals surface area contributed by atoms with E-state index in [2.05, 4.69) is 56.4 Å². The first-order valence-corrected chi connectivity index (χ1v) is 5.19. The van der Waals surface area contributed by atoms with Crippen LogP contribution in [0.4, 0.5) is 0 Å². The van der Waals surface area contributed by atoms with Crippen LogP contribution in [-0.2, 0) is 0 Å². The standard InChI is InChI=1S/C13H19N/c1-4-14-10-6-9-13-8-5-7-11(2)12(13)3/h5-9,14H,4,10H2,1-3H3. The number of rotatable bonds is 4. The van der Waals surface area contributed by atoms with Gasteiger partial charge in [0, 0.05) is 6.54 Å². The van der Waals surface area contributed by atoms with Crippen LogP contribution in [-0.4, -0.2) is 13.1 Å². The van der Waals surface area contributed by atoms with Gasteiger partial charge in [-0.3, -0.25) is 0 Å². The van der Waals surface area contributed by atoms with Crippen molar-refractivity contribution >= 4 is 6.08 Å². The molecule has 0 heterocycles. The van der Waals surface area contributed by atoms with E-state index in [1.54, 1.807) is 0 Å². The predicted octanol–water partition coefficient (Wildman–Crippen LogP) is 2.93. The van der Waals surface area contributed by atoms with E-state index in [1.165, 1.54) is 16.7 Å². The van der Waals surface area contributed by atoms with Crippen molar-refractivity contribution < 1.29 is 0 Å². The zero-order valence-corrected chi connectivity index (χ0v) is 9.30. The minimum Gasteiger partial charge on any atom is -0.314 e. The largest absolute Gasteiger partial charge is 0.314 e. The highest BCUT2D eigenvalue weighted by atomic mass is 14.8. The molecule has 1 heteroatoms. The van der Waals surface area contributed by atoms with Crippen LogP contribution in [0.2, 0.25) is 0 Å². The SMILES string of the molecule is CCNCC=Cc1cccc(C)c1C. The molecule has 0 radical (unpaired) electrons. The van der Waals surface area contributed by atoms with Gasteiger partial charge in [-0.1, -0.05) is 37.3 Å². The van der Waals surface area contributed by atoms with Gasteiger partial charge >= 0.3 is 0 Å². The minimum absolute atomic E-state index is 0.948.